The Morgan fingerprint density at radius 2 is 2.27 bits per heavy atom. The Kier molecular flexibility index (Phi) is 4.78. The van der Waals surface area contributed by atoms with Crippen molar-refractivity contribution in [3.63, 3.8) is 0 Å². The van der Waals surface area contributed by atoms with Crippen molar-refractivity contribution >= 4 is 0 Å². The van der Waals surface area contributed by atoms with Crippen molar-refractivity contribution in [1.29, 1.82) is 0 Å². The maximum atomic E-state index is 6.11. The molecule has 86 valence electrons. The van der Waals surface area contributed by atoms with E-state index in [4.69, 9.17) is 10.5 Å². The molecular weight excluding hydrogens is 190 g/mol. The fraction of sp³-hybridized carbons (Fsp3) is 0.727. The first-order valence-electron chi connectivity index (χ1n) is 5.59. The fourth-order valence-corrected chi connectivity index (χ4v) is 1.63. The van der Waals surface area contributed by atoms with E-state index < -0.39 is 0 Å². The molecule has 1 heterocycles. The molecule has 1 rings (SSSR count). The maximum absolute atomic E-state index is 6.11. The van der Waals surface area contributed by atoms with Crippen LogP contribution >= 0.6 is 0 Å². The zero-order chi connectivity index (χ0) is 11.3. The molecule has 1 aromatic heterocycles. The second-order valence-electron chi connectivity index (χ2n) is 3.67. The number of aryl methyl sites for hydroxylation is 1. The van der Waals surface area contributed by atoms with Gasteiger partial charge < -0.3 is 10.5 Å². The minimum Gasteiger partial charge on any atom is -0.377 e. The number of rotatable bonds is 6. The highest BCUT2D eigenvalue weighted by Crippen LogP contribution is 2.16. The van der Waals surface area contributed by atoms with Crippen molar-refractivity contribution in [3.8, 4) is 0 Å². The number of ether oxygens (including phenoxy) is 1. The molecule has 0 fully saturated rings. The van der Waals surface area contributed by atoms with Crippen LogP contribution < -0.4 is 5.73 Å². The minimum absolute atomic E-state index is 0.0299. The highest BCUT2D eigenvalue weighted by atomic mass is 16.5. The van der Waals surface area contributed by atoms with E-state index in [-0.39, 0.29) is 12.1 Å². The third kappa shape index (κ3) is 3.04. The van der Waals surface area contributed by atoms with Gasteiger partial charge in [-0.15, -0.1) is 0 Å². The highest BCUT2D eigenvalue weighted by Gasteiger charge is 2.18. The first-order chi connectivity index (χ1) is 7.20. The van der Waals surface area contributed by atoms with Gasteiger partial charge in [0, 0.05) is 19.3 Å². The Hall–Kier alpha value is -0.870. The lowest BCUT2D eigenvalue weighted by Gasteiger charge is -2.20. The molecule has 0 aliphatic heterocycles. The van der Waals surface area contributed by atoms with Crippen molar-refractivity contribution in [1.82, 2.24) is 9.78 Å². The summed E-state index contributed by atoms with van der Waals surface area (Å²) < 4.78 is 7.45. The normalized spacial score (nSPS) is 15.2. The average molecular weight is 211 g/mol. The summed E-state index contributed by atoms with van der Waals surface area (Å²) in [5.74, 6) is 0. The highest BCUT2D eigenvalue weighted by molar-refractivity contribution is 5.07. The van der Waals surface area contributed by atoms with Crippen LogP contribution in [0, 0.1) is 0 Å². The average Bonchev–Trinajstić information content (AvgIpc) is 2.66. The van der Waals surface area contributed by atoms with Crippen LogP contribution in [0.15, 0.2) is 12.3 Å². The standard InChI is InChI=1S/C11H21N3O/c1-4-8-14-10(6-7-13-14)11(12)9(3)15-5-2/h6-7,9,11H,4-5,8,12H2,1-3H3. The molecule has 0 saturated carbocycles. The van der Waals surface area contributed by atoms with Gasteiger partial charge in [-0.2, -0.15) is 5.10 Å². The molecule has 0 aliphatic rings. The lowest BCUT2D eigenvalue weighted by Crippen LogP contribution is -2.28. The molecule has 0 spiro atoms. The molecule has 0 bridgehead atoms. The van der Waals surface area contributed by atoms with E-state index in [2.05, 4.69) is 12.0 Å². The predicted molar refractivity (Wildman–Crippen MR) is 60.5 cm³/mol. The summed E-state index contributed by atoms with van der Waals surface area (Å²) in [7, 11) is 0. The van der Waals surface area contributed by atoms with E-state index in [9.17, 15) is 0 Å². The van der Waals surface area contributed by atoms with Crippen LogP contribution in [-0.4, -0.2) is 22.5 Å². The van der Waals surface area contributed by atoms with Gasteiger partial charge in [-0.25, -0.2) is 0 Å². The quantitative estimate of drug-likeness (QED) is 0.779. The van der Waals surface area contributed by atoms with Gasteiger partial charge in [0.25, 0.3) is 0 Å². The Morgan fingerprint density at radius 1 is 1.53 bits per heavy atom. The van der Waals surface area contributed by atoms with Crippen molar-refractivity contribution in [2.75, 3.05) is 6.61 Å². The summed E-state index contributed by atoms with van der Waals surface area (Å²) in [4.78, 5) is 0. The molecule has 4 heteroatoms. The summed E-state index contributed by atoms with van der Waals surface area (Å²) in [6.45, 7) is 7.71. The summed E-state index contributed by atoms with van der Waals surface area (Å²) >= 11 is 0. The molecule has 0 radical (unpaired) electrons. The van der Waals surface area contributed by atoms with Crippen LogP contribution in [0.1, 0.15) is 38.9 Å². The number of hydrogen-bond donors (Lipinski definition) is 1. The lowest BCUT2D eigenvalue weighted by atomic mass is 10.1. The van der Waals surface area contributed by atoms with Crippen LogP contribution in [0.4, 0.5) is 0 Å². The molecule has 2 atom stereocenters. The van der Waals surface area contributed by atoms with Gasteiger partial charge in [0.1, 0.15) is 0 Å². The van der Waals surface area contributed by atoms with Gasteiger partial charge in [-0.05, 0) is 26.3 Å². The third-order valence-corrected chi connectivity index (χ3v) is 2.46. The van der Waals surface area contributed by atoms with Crippen molar-refractivity contribution in [3.05, 3.63) is 18.0 Å². The Morgan fingerprint density at radius 3 is 2.87 bits per heavy atom. The zero-order valence-corrected chi connectivity index (χ0v) is 9.81. The van der Waals surface area contributed by atoms with Gasteiger partial charge >= 0.3 is 0 Å². The van der Waals surface area contributed by atoms with Crippen LogP contribution in [0.25, 0.3) is 0 Å². The second-order valence-corrected chi connectivity index (χ2v) is 3.67. The predicted octanol–water partition coefficient (Wildman–Crippen LogP) is 1.72. The molecule has 2 N–H and O–H groups in total. The molecule has 0 aliphatic carbocycles. The third-order valence-electron chi connectivity index (χ3n) is 2.46. The number of nitrogens with two attached hydrogens (primary N) is 1. The van der Waals surface area contributed by atoms with Crippen LogP contribution in [0.2, 0.25) is 0 Å². The SMILES string of the molecule is CCCn1nccc1C(N)C(C)OCC. The number of aromatic nitrogens is 2. The van der Waals surface area contributed by atoms with Crippen molar-refractivity contribution in [2.45, 2.75) is 45.9 Å². The Balaban J connectivity index is 2.71. The zero-order valence-electron chi connectivity index (χ0n) is 9.81. The molecule has 2 unspecified atom stereocenters. The lowest BCUT2D eigenvalue weighted by molar-refractivity contribution is 0.0553. The molecule has 0 saturated heterocycles. The Labute approximate surface area is 91.4 Å². The van der Waals surface area contributed by atoms with E-state index in [0.717, 1.165) is 18.7 Å². The van der Waals surface area contributed by atoms with Gasteiger partial charge in [0.2, 0.25) is 0 Å². The molecule has 15 heavy (non-hydrogen) atoms. The van der Waals surface area contributed by atoms with Crippen LogP contribution in [0.5, 0.6) is 0 Å². The van der Waals surface area contributed by atoms with Gasteiger partial charge in [-0.1, -0.05) is 6.92 Å². The van der Waals surface area contributed by atoms with Gasteiger partial charge in [0.15, 0.2) is 0 Å². The minimum atomic E-state index is -0.0981. The maximum Gasteiger partial charge on any atom is 0.0754 e. The van der Waals surface area contributed by atoms with Crippen LogP contribution in [-0.2, 0) is 11.3 Å². The molecule has 4 nitrogen and oxygen atoms in total. The van der Waals surface area contributed by atoms with E-state index in [1.54, 1.807) is 6.20 Å². The van der Waals surface area contributed by atoms with E-state index in [1.165, 1.54) is 0 Å². The van der Waals surface area contributed by atoms with Crippen molar-refractivity contribution in [2.24, 2.45) is 5.73 Å². The first kappa shape index (κ1) is 12.2. The summed E-state index contributed by atoms with van der Waals surface area (Å²) in [6, 6.07) is 1.87. The number of nitrogens with zero attached hydrogens (tertiary/aromatic N) is 2. The topological polar surface area (TPSA) is 53.1 Å². The van der Waals surface area contributed by atoms with E-state index in [0.29, 0.717) is 6.61 Å². The summed E-state index contributed by atoms with van der Waals surface area (Å²) in [5.41, 5.74) is 7.17. The molecule has 0 aromatic carbocycles. The van der Waals surface area contributed by atoms with Crippen LogP contribution in [0.3, 0.4) is 0 Å². The van der Waals surface area contributed by atoms with E-state index in [1.807, 2.05) is 24.6 Å². The van der Waals surface area contributed by atoms with E-state index >= 15 is 0 Å². The first-order valence-corrected chi connectivity index (χ1v) is 5.59. The van der Waals surface area contributed by atoms with Gasteiger partial charge in [0.05, 0.1) is 17.8 Å². The second kappa shape index (κ2) is 5.88. The monoisotopic (exact) mass is 211 g/mol. The summed E-state index contributed by atoms with van der Waals surface area (Å²) in [5, 5.41) is 4.25. The van der Waals surface area contributed by atoms with Crippen molar-refractivity contribution < 1.29 is 4.74 Å². The fourth-order valence-electron chi connectivity index (χ4n) is 1.63. The van der Waals surface area contributed by atoms with Gasteiger partial charge in [-0.3, -0.25) is 4.68 Å². The largest absolute Gasteiger partial charge is 0.377 e. The smallest absolute Gasteiger partial charge is 0.0754 e. The Bertz CT molecular complexity index is 285. The summed E-state index contributed by atoms with van der Waals surface area (Å²) in [6.07, 6.45) is 2.89. The molecule has 0 amide bonds. The number of hydrogen-bond acceptors (Lipinski definition) is 3. The molecule has 1 aromatic rings. The molecular formula is C11H21N3O.